The molecule has 1 aromatic carbocycles. The zero-order valence-corrected chi connectivity index (χ0v) is 14.7. The molecule has 2 rings (SSSR count). The summed E-state index contributed by atoms with van der Waals surface area (Å²) in [5, 5.41) is 3.24. The van der Waals surface area contributed by atoms with Crippen molar-refractivity contribution in [3.05, 3.63) is 35.9 Å². The van der Waals surface area contributed by atoms with Gasteiger partial charge in [-0.25, -0.2) is 0 Å². The Labute approximate surface area is 141 Å². The van der Waals surface area contributed by atoms with Crippen LogP contribution in [0.2, 0.25) is 0 Å². The van der Waals surface area contributed by atoms with E-state index in [9.17, 15) is 0 Å². The number of nitrogens with zero attached hydrogens (tertiary/aromatic N) is 2. The number of hydrogen-bond acceptors (Lipinski definition) is 2. The Bertz CT molecular complexity index is 464. The van der Waals surface area contributed by atoms with E-state index in [4.69, 9.17) is 5.73 Å². The lowest BCUT2D eigenvalue weighted by molar-refractivity contribution is 0.218. The number of rotatable bonds is 8. The Balaban J connectivity index is 1.76. The second kappa shape index (κ2) is 9.56. The highest BCUT2D eigenvalue weighted by molar-refractivity contribution is 5.77. The lowest BCUT2D eigenvalue weighted by Gasteiger charge is -2.27. The maximum Gasteiger partial charge on any atom is 0.188 e. The van der Waals surface area contributed by atoms with Crippen LogP contribution in [0.3, 0.4) is 0 Å². The van der Waals surface area contributed by atoms with E-state index in [0.717, 1.165) is 19.5 Å². The van der Waals surface area contributed by atoms with Gasteiger partial charge >= 0.3 is 0 Å². The summed E-state index contributed by atoms with van der Waals surface area (Å²) in [5.41, 5.74) is 7.36. The van der Waals surface area contributed by atoms with Crippen molar-refractivity contribution in [2.24, 2.45) is 16.6 Å². The fourth-order valence-corrected chi connectivity index (χ4v) is 3.23. The molecule has 3 N–H and O–H groups in total. The predicted molar refractivity (Wildman–Crippen MR) is 98.7 cm³/mol. The maximum atomic E-state index is 6.04. The van der Waals surface area contributed by atoms with Gasteiger partial charge in [0.15, 0.2) is 5.96 Å². The molecule has 1 saturated heterocycles. The average Bonchev–Trinajstić information content (AvgIpc) is 3.06. The molecule has 0 spiro atoms. The summed E-state index contributed by atoms with van der Waals surface area (Å²) in [7, 11) is 0. The van der Waals surface area contributed by atoms with Gasteiger partial charge in [0.25, 0.3) is 0 Å². The van der Waals surface area contributed by atoms with E-state index >= 15 is 0 Å². The van der Waals surface area contributed by atoms with Crippen molar-refractivity contribution >= 4 is 5.96 Å². The first kappa shape index (κ1) is 17.8. The Morgan fingerprint density at radius 1 is 1.22 bits per heavy atom. The molecular formula is C19H32N4. The molecule has 23 heavy (non-hydrogen) atoms. The number of aliphatic imine (C=N–C) groups is 1. The third-order valence-electron chi connectivity index (χ3n) is 4.44. The second-order valence-corrected chi connectivity index (χ2v) is 6.91. The van der Waals surface area contributed by atoms with Crippen LogP contribution in [0.25, 0.3) is 0 Å². The fourth-order valence-electron chi connectivity index (χ4n) is 3.23. The molecule has 1 aliphatic rings. The summed E-state index contributed by atoms with van der Waals surface area (Å²) in [5.74, 6) is 1.27. The van der Waals surface area contributed by atoms with Crippen molar-refractivity contribution in [1.29, 1.82) is 0 Å². The normalized spacial score (nSPS) is 17.6. The van der Waals surface area contributed by atoms with Crippen molar-refractivity contribution in [2.45, 2.75) is 45.6 Å². The number of hydrogen-bond donors (Lipinski definition) is 2. The van der Waals surface area contributed by atoms with Crippen LogP contribution in [0.5, 0.6) is 0 Å². The Kier molecular flexibility index (Phi) is 7.40. The predicted octanol–water partition coefficient (Wildman–Crippen LogP) is 2.64. The fraction of sp³-hybridized carbons (Fsp3) is 0.632. The van der Waals surface area contributed by atoms with Crippen molar-refractivity contribution in [2.75, 3.05) is 26.2 Å². The first-order valence-corrected chi connectivity index (χ1v) is 8.97. The smallest absolute Gasteiger partial charge is 0.188 e. The summed E-state index contributed by atoms with van der Waals surface area (Å²) in [6.45, 7) is 8.64. The zero-order chi connectivity index (χ0) is 16.5. The van der Waals surface area contributed by atoms with Gasteiger partial charge in [-0.3, -0.25) is 9.89 Å². The molecule has 1 unspecified atom stereocenters. The molecule has 128 valence electrons. The molecule has 0 amide bonds. The number of nitrogens with one attached hydrogen (secondary N) is 1. The Hall–Kier alpha value is -1.55. The van der Waals surface area contributed by atoms with Crippen LogP contribution in [0, 0.1) is 5.92 Å². The summed E-state index contributed by atoms with van der Waals surface area (Å²) in [6, 6.07) is 11.0. The number of guanidine groups is 1. The van der Waals surface area contributed by atoms with Crippen LogP contribution in [0.15, 0.2) is 35.3 Å². The largest absolute Gasteiger partial charge is 0.370 e. The molecular weight excluding hydrogens is 284 g/mol. The van der Waals surface area contributed by atoms with E-state index in [1.807, 2.05) is 6.07 Å². The first-order valence-electron chi connectivity index (χ1n) is 8.97. The van der Waals surface area contributed by atoms with Crippen molar-refractivity contribution in [3.63, 3.8) is 0 Å². The summed E-state index contributed by atoms with van der Waals surface area (Å²) in [4.78, 5) is 7.18. The SMILES string of the molecule is CC(C)CC(CN=C(N)NCCc1ccccc1)N1CCCC1. The highest BCUT2D eigenvalue weighted by Gasteiger charge is 2.22. The Morgan fingerprint density at radius 3 is 2.57 bits per heavy atom. The van der Waals surface area contributed by atoms with Gasteiger partial charge in [-0.2, -0.15) is 0 Å². The Morgan fingerprint density at radius 2 is 1.91 bits per heavy atom. The summed E-state index contributed by atoms with van der Waals surface area (Å²) in [6.07, 6.45) is 4.81. The monoisotopic (exact) mass is 316 g/mol. The van der Waals surface area contributed by atoms with Crippen LogP contribution in [0.1, 0.15) is 38.7 Å². The quantitative estimate of drug-likeness (QED) is 0.573. The van der Waals surface area contributed by atoms with Gasteiger partial charge in [-0.05, 0) is 50.3 Å². The van der Waals surface area contributed by atoms with Gasteiger partial charge in [-0.15, -0.1) is 0 Å². The van der Waals surface area contributed by atoms with Crippen molar-refractivity contribution < 1.29 is 0 Å². The van der Waals surface area contributed by atoms with Crippen LogP contribution in [0.4, 0.5) is 0 Å². The first-order chi connectivity index (χ1) is 11.1. The third kappa shape index (κ3) is 6.61. The standard InChI is InChI=1S/C19H32N4/c1-16(2)14-18(23-12-6-7-13-23)15-22-19(20)21-11-10-17-8-4-3-5-9-17/h3-5,8-9,16,18H,6-7,10-15H2,1-2H3,(H3,20,21,22). The van der Waals surface area contributed by atoms with Gasteiger partial charge in [-0.1, -0.05) is 44.2 Å². The van der Waals surface area contributed by atoms with Gasteiger partial charge in [0.1, 0.15) is 0 Å². The highest BCUT2D eigenvalue weighted by atomic mass is 15.2. The number of likely N-dealkylation sites (tertiary alicyclic amines) is 1. The van der Waals surface area contributed by atoms with Crippen LogP contribution in [-0.2, 0) is 6.42 Å². The average molecular weight is 316 g/mol. The molecule has 1 atom stereocenters. The third-order valence-corrected chi connectivity index (χ3v) is 4.44. The van der Waals surface area contributed by atoms with E-state index in [-0.39, 0.29) is 0 Å². The van der Waals surface area contributed by atoms with Crippen LogP contribution in [-0.4, -0.2) is 43.1 Å². The molecule has 0 radical (unpaired) electrons. The van der Waals surface area contributed by atoms with Crippen molar-refractivity contribution in [3.8, 4) is 0 Å². The molecule has 4 heteroatoms. The lowest BCUT2D eigenvalue weighted by Crippen LogP contribution is -2.39. The van der Waals surface area contributed by atoms with Crippen LogP contribution >= 0.6 is 0 Å². The second-order valence-electron chi connectivity index (χ2n) is 6.91. The van der Waals surface area contributed by atoms with E-state index in [0.29, 0.717) is 17.9 Å². The van der Waals surface area contributed by atoms with Crippen molar-refractivity contribution in [1.82, 2.24) is 10.2 Å². The van der Waals surface area contributed by atoms with Gasteiger partial charge in [0.05, 0.1) is 6.54 Å². The maximum absolute atomic E-state index is 6.04. The minimum atomic E-state index is 0.534. The topological polar surface area (TPSA) is 53.6 Å². The molecule has 1 fully saturated rings. The number of nitrogens with two attached hydrogens (primary N) is 1. The zero-order valence-electron chi connectivity index (χ0n) is 14.7. The minimum Gasteiger partial charge on any atom is -0.370 e. The molecule has 1 aromatic rings. The summed E-state index contributed by atoms with van der Waals surface area (Å²) < 4.78 is 0. The van der Waals surface area contributed by atoms with E-state index in [2.05, 4.69) is 53.3 Å². The van der Waals surface area contributed by atoms with E-state index in [1.54, 1.807) is 0 Å². The van der Waals surface area contributed by atoms with E-state index < -0.39 is 0 Å². The van der Waals surface area contributed by atoms with Gasteiger partial charge < -0.3 is 11.1 Å². The minimum absolute atomic E-state index is 0.534. The highest BCUT2D eigenvalue weighted by Crippen LogP contribution is 2.18. The molecule has 0 bridgehead atoms. The molecule has 4 nitrogen and oxygen atoms in total. The molecule has 1 heterocycles. The summed E-state index contributed by atoms with van der Waals surface area (Å²) >= 11 is 0. The lowest BCUT2D eigenvalue weighted by atomic mass is 10.0. The van der Waals surface area contributed by atoms with Crippen LogP contribution < -0.4 is 11.1 Å². The molecule has 0 saturated carbocycles. The molecule has 0 aliphatic carbocycles. The van der Waals surface area contributed by atoms with Gasteiger partial charge in [0, 0.05) is 12.6 Å². The molecule has 0 aromatic heterocycles. The number of benzene rings is 1. The van der Waals surface area contributed by atoms with E-state index in [1.165, 1.54) is 37.9 Å². The molecule has 1 aliphatic heterocycles. The van der Waals surface area contributed by atoms with Gasteiger partial charge in [0.2, 0.25) is 0 Å².